The minimum atomic E-state index is -1.04. The number of fused-ring (bicyclic) bond motifs is 1. The highest BCUT2D eigenvalue weighted by Gasteiger charge is 2.44. The molecule has 1 unspecified atom stereocenters. The van der Waals surface area contributed by atoms with Crippen LogP contribution < -0.4 is 16.4 Å². The van der Waals surface area contributed by atoms with Gasteiger partial charge in [0.1, 0.15) is 6.04 Å². The van der Waals surface area contributed by atoms with Gasteiger partial charge in [-0.2, -0.15) is 0 Å². The molecule has 13 heteroatoms. The second-order valence-corrected chi connectivity index (χ2v) is 8.24. The first kappa shape index (κ1) is 28.3. The zero-order valence-corrected chi connectivity index (χ0v) is 20.5. The van der Waals surface area contributed by atoms with Crippen LogP contribution in [0.3, 0.4) is 0 Å². The van der Waals surface area contributed by atoms with Gasteiger partial charge < -0.3 is 30.0 Å². The minimum absolute atomic E-state index is 0.0412. The number of carbonyl (C=O) groups is 5. The summed E-state index contributed by atoms with van der Waals surface area (Å²) in [7, 11) is 0. The van der Waals surface area contributed by atoms with Crippen molar-refractivity contribution < 1.29 is 42.9 Å². The van der Waals surface area contributed by atoms with Crippen molar-refractivity contribution in [3.8, 4) is 0 Å². The second-order valence-electron chi connectivity index (χ2n) is 8.24. The van der Waals surface area contributed by atoms with Crippen molar-refractivity contribution in [1.29, 1.82) is 0 Å². The summed E-state index contributed by atoms with van der Waals surface area (Å²) in [5.74, 6) is -2.69. The van der Waals surface area contributed by atoms with E-state index in [1.165, 1.54) is 18.2 Å². The fourth-order valence-electron chi connectivity index (χ4n) is 3.78. The second kappa shape index (κ2) is 14.5. The molecule has 5 amide bonds. The molecule has 1 atom stereocenters. The van der Waals surface area contributed by atoms with E-state index in [9.17, 15) is 24.0 Å². The topological polar surface area (TPSA) is 176 Å². The van der Waals surface area contributed by atoms with Crippen molar-refractivity contribution in [3.05, 3.63) is 29.3 Å². The normalized spacial score (nSPS) is 17.2. The number of carbonyl (C=O) groups excluding carboxylic acids is 5. The average molecular weight is 521 g/mol. The maximum absolute atomic E-state index is 12.9. The first-order valence-corrected chi connectivity index (χ1v) is 12.1. The van der Waals surface area contributed by atoms with Gasteiger partial charge in [-0.3, -0.25) is 34.2 Å². The lowest BCUT2D eigenvalue weighted by atomic mass is 10.0. The fraction of sp³-hybridized carbons (Fsp3) is 0.542. The van der Waals surface area contributed by atoms with Gasteiger partial charge in [-0.15, -0.1) is 0 Å². The molecule has 0 saturated carbocycles. The number of nitrogens with one attached hydrogen (secondary N) is 2. The Morgan fingerprint density at radius 3 is 2.11 bits per heavy atom. The van der Waals surface area contributed by atoms with Gasteiger partial charge in [0.25, 0.3) is 11.8 Å². The Morgan fingerprint density at radius 2 is 1.49 bits per heavy atom. The summed E-state index contributed by atoms with van der Waals surface area (Å²) < 4.78 is 21.3. The molecule has 202 valence electrons. The van der Waals surface area contributed by atoms with Crippen LogP contribution in [0.25, 0.3) is 0 Å². The Labute approximate surface area is 213 Å². The van der Waals surface area contributed by atoms with Gasteiger partial charge in [-0.25, -0.2) is 0 Å². The van der Waals surface area contributed by atoms with Crippen LogP contribution in [-0.2, 0) is 33.3 Å². The van der Waals surface area contributed by atoms with Crippen molar-refractivity contribution in [2.45, 2.75) is 25.3 Å². The number of amides is 5. The standard InChI is InChI=1S/C24H32N4O9/c25-6-8-35-10-12-37-14-13-36-11-9-34-7-5-21(30)26-16-1-2-17-18(15-16)24(33)28(23(17)32)19-3-4-20(29)27-22(19)31/h1-2,15,19H,3-14,25H2,(H,26,30)(H,27,29,31). The van der Waals surface area contributed by atoms with E-state index in [-0.39, 0.29) is 42.9 Å². The zero-order valence-electron chi connectivity index (χ0n) is 20.5. The number of ether oxygens (including phenoxy) is 4. The highest BCUT2D eigenvalue weighted by atomic mass is 16.6. The molecule has 2 aliphatic heterocycles. The molecule has 0 bridgehead atoms. The monoisotopic (exact) mass is 520 g/mol. The summed E-state index contributed by atoms with van der Waals surface area (Å²) in [4.78, 5) is 62.2. The number of nitrogens with zero attached hydrogens (tertiary/aromatic N) is 1. The van der Waals surface area contributed by atoms with Gasteiger partial charge in [0, 0.05) is 18.7 Å². The number of benzene rings is 1. The first-order chi connectivity index (χ1) is 17.9. The Kier molecular flexibility index (Phi) is 11.1. The number of piperidine rings is 1. The van der Waals surface area contributed by atoms with Crippen LogP contribution in [-0.4, -0.2) is 99.9 Å². The molecular formula is C24H32N4O9. The van der Waals surface area contributed by atoms with Crippen molar-refractivity contribution in [3.63, 3.8) is 0 Å². The largest absolute Gasteiger partial charge is 0.379 e. The molecule has 0 aliphatic carbocycles. The zero-order chi connectivity index (χ0) is 26.6. The van der Waals surface area contributed by atoms with E-state index in [2.05, 4.69) is 10.6 Å². The highest BCUT2D eigenvalue weighted by molar-refractivity contribution is 6.23. The molecule has 2 aliphatic rings. The van der Waals surface area contributed by atoms with Crippen LogP contribution in [0.15, 0.2) is 18.2 Å². The number of rotatable bonds is 16. The summed E-state index contributed by atoms with van der Waals surface area (Å²) >= 11 is 0. The van der Waals surface area contributed by atoms with Crippen LogP contribution in [0.1, 0.15) is 40.0 Å². The molecule has 37 heavy (non-hydrogen) atoms. The van der Waals surface area contributed by atoms with Crippen molar-refractivity contribution in [1.82, 2.24) is 10.2 Å². The van der Waals surface area contributed by atoms with Gasteiger partial charge in [0.2, 0.25) is 17.7 Å². The van der Waals surface area contributed by atoms with Gasteiger partial charge >= 0.3 is 0 Å². The van der Waals surface area contributed by atoms with E-state index < -0.39 is 29.7 Å². The summed E-state index contributed by atoms with van der Waals surface area (Å²) in [5.41, 5.74) is 5.88. The van der Waals surface area contributed by atoms with Gasteiger partial charge in [0.05, 0.1) is 70.4 Å². The van der Waals surface area contributed by atoms with Crippen LogP contribution >= 0.6 is 0 Å². The smallest absolute Gasteiger partial charge is 0.262 e. The molecule has 2 heterocycles. The molecule has 0 radical (unpaired) electrons. The van der Waals surface area contributed by atoms with Gasteiger partial charge in [-0.05, 0) is 24.6 Å². The number of nitrogens with two attached hydrogens (primary N) is 1. The maximum Gasteiger partial charge on any atom is 0.262 e. The van der Waals surface area contributed by atoms with Gasteiger partial charge in [-0.1, -0.05) is 0 Å². The van der Waals surface area contributed by atoms with E-state index >= 15 is 0 Å². The third kappa shape index (κ3) is 8.13. The molecule has 1 aromatic rings. The highest BCUT2D eigenvalue weighted by Crippen LogP contribution is 2.29. The SMILES string of the molecule is NCCOCCOCCOCCOCCC(=O)Nc1ccc2c(c1)C(=O)N(C1CCC(=O)NC1=O)C2=O. The maximum atomic E-state index is 12.9. The first-order valence-electron chi connectivity index (χ1n) is 12.1. The number of imide groups is 2. The van der Waals surface area contributed by atoms with Crippen LogP contribution in [0.2, 0.25) is 0 Å². The lowest BCUT2D eigenvalue weighted by molar-refractivity contribution is -0.136. The lowest BCUT2D eigenvalue weighted by Gasteiger charge is -2.27. The predicted octanol–water partition coefficient (Wildman–Crippen LogP) is -0.558. The molecule has 3 rings (SSSR count). The molecule has 4 N–H and O–H groups in total. The van der Waals surface area contributed by atoms with Crippen LogP contribution in [0, 0.1) is 0 Å². The van der Waals surface area contributed by atoms with E-state index in [0.717, 1.165) is 4.90 Å². The third-order valence-electron chi connectivity index (χ3n) is 5.58. The summed E-state index contributed by atoms with van der Waals surface area (Å²) in [6, 6.07) is 3.30. The summed E-state index contributed by atoms with van der Waals surface area (Å²) in [6.45, 7) is 3.66. The van der Waals surface area contributed by atoms with E-state index in [1.54, 1.807) is 0 Å². The molecule has 0 spiro atoms. The quantitative estimate of drug-likeness (QED) is 0.189. The van der Waals surface area contributed by atoms with Crippen LogP contribution in [0.5, 0.6) is 0 Å². The fourth-order valence-corrected chi connectivity index (χ4v) is 3.78. The predicted molar refractivity (Wildman–Crippen MR) is 129 cm³/mol. The molecule has 1 saturated heterocycles. The number of hydrogen-bond acceptors (Lipinski definition) is 10. The van der Waals surface area contributed by atoms with E-state index in [0.29, 0.717) is 58.5 Å². The molecule has 0 aromatic heterocycles. The van der Waals surface area contributed by atoms with Crippen molar-refractivity contribution in [2.75, 3.05) is 64.7 Å². The molecular weight excluding hydrogens is 488 g/mol. The molecule has 13 nitrogen and oxygen atoms in total. The summed E-state index contributed by atoms with van der Waals surface area (Å²) in [6.07, 6.45) is 0.196. The van der Waals surface area contributed by atoms with Crippen molar-refractivity contribution in [2.24, 2.45) is 5.73 Å². The molecule has 1 aromatic carbocycles. The van der Waals surface area contributed by atoms with Crippen molar-refractivity contribution >= 4 is 35.2 Å². The lowest BCUT2D eigenvalue weighted by Crippen LogP contribution is -2.54. The minimum Gasteiger partial charge on any atom is -0.379 e. The van der Waals surface area contributed by atoms with E-state index in [4.69, 9.17) is 24.7 Å². The Morgan fingerprint density at radius 1 is 0.892 bits per heavy atom. The average Bonchev–Trinajstić information content (AvgIpc) is 3.11. The Balaban J connectivity index is 1.33. The summed E-state index contributed by atoms with van der Waals surface area (Å²) in [5, 5.41) is 4.82. The third-order valence-corrected chi connectivity index (χ3v) is 5.58. The number of hydrogen-bond donors (Lipinski definition) is 3. The Hall–Kier alpha value is -3.23. The Bertz CT molecular complexity index is 1000. The molecule has 1 fully saturated rings. The van der Waals surface area contributed by atoms with Crippen LogP contribution in [0.4, 0.5) is 5.69 Å². The van der Waals surface area contributed by atoms with Gasteiger partial charge in [0.15, 0.2) is 0 Å². The number of anilines is 1. The van der Waals surface area contributed by atoms with E-state index in [1.807, 2.05) is 0 Å².